The SMILES string of the molecule is O=C(O)c1cnc(Cl)cc1Nc1ccc(Br)cc1Cl. The van der Waals surface area contributed by atoms with Gasteiger partial charge in [0.2, 0.25) is 0 Å². The van der Waals surface area contributed by atoms with Gasteiger partial charge in [-0.1, -0.05) is 39.1 Å². The number of aromatic nitrogens is 1. The summed E-state index contributed by atoms with van der Waals surface area (Å²) in [5.41, 5.74) is 0.926. The van der Waals surface area contributed by atoms with Gasteiger partial charge in [-0.15, -0.1) is 0 Å². The fraction of sp³-hybridized carbons (Fsp3) is 0. The lowest BCUT2D eigenvalue weighted by atomic mass is 10.2. The maximum atomic E-state index is 11.1. The zero-order chi connectivity index (χ0) is 14.0. The first-order chi connectivity index (χ1) is 8.97. The summed E-state index contributed by atoms with van der Waals surface area (Å²) < 4.78 is 0.828. The van der Waals surface area contributed by atoms with Crippen molar-refractivity contribution in [2.45, 2.75) is 0 Å². The summed E-state index contributed by atoms with van der Waals surface area (Å²) in [6.45, 7) is 0. The molecule has 0 atom stereocenters. The van der Waals surface area contributed by atoms with Crippen molar-refractivity contribution in [1.82, 2.24) is 4.98 Å². The molecule has 0 amide bonds. The van der Waals surface area contributed by atoms with Gasteiger partial charge in [0.25, 0.3) is 0 Å². The molecule has 4 nitrogen and oxygen atoms in total. The molecule has 0 aliphatic carbocycles. The fourth-order valence-electron chi connectivity index (χ4n) is 1.44. The lowest BCUT2D eigenvalue weighted by Crippen LogP contribution is -2.04. The summed E-state index contributed by atoms with van der Waals surface area (Å²) in [4.78, 5) is 14.8. The van der Waals surface area contributed by atoms with E-state index in [1.807, 2.05) is 0 Å². The van der Waals surface area contributed by atoms with Crippen LogP contribution in [0.25, 0.3) is 0 Å². The second-order valence-electron chi connectivity index (χ2n) is 3.61. The van der Waals surface area contributed by atoms with Crippen LogP contribution < -0.4 is 5.32 Å². The van der Waals surface area contributed by atoms with Gasteiger partial charge < -0.3 is 10.4 Å². The minimum atomic E-state index is -1.10. The van der Waals surface area contributed by atoms with Gasteiger partial charge in [0, 0.05) is 10.7 Å². The molecule has 1 heterocycles. The van der Waals surface area contributed by atoms with E-state index in [1.54, 1.807) is 18.2 Å². The van der Waals surface area contributed by atoms with Gasteiger partial charge in [0.1, 0.15) is 10.7 Å². The van der Waals surface area contributed by atoms with Gasteiger partial charge in [0.05, 0.1) is 16.4 Å². The van der Waals surface area contributed by atoms with Gasteiger partial charge in [-0.2, -0.15) is 0 Å². The number of benzene rings is 1. The number of anilines is 2. The van der Waals surface area contributed by atoms with Gasteiger partial charge in [-0.3, -0.25) is 0 Å². The summed E-state index contributed by atoms with van der Waals surface area (Å²) in [6.07, 6.45) is 1.19. The van der Waals surface area contributed by atoms with E-state index in [4.69, 9.17) is 28.3 Å². The van der Waals surface area contributed by atoms with Gasteiger partial charge >= 0.3 is 5.97 Å². The Balaban J connectivity index is 2.42. The maximum absolute atomic E-state index is 11.1. The lowest BCUT2D eigenvalue weighted by Gasteiger charge is -2.11. The molecule has 0 saturated heterocycles. The van der Waals surface area contributed by atoms with E-state index in [0.29, 0.717) is 16.4 Å². The van der Waals surface area contributed by atoms with Crippen molar-refractivity contribution >= 4 is 56.5 Å². The molecule has 0 bridgehead atoms. The van der Waals surface area contributed by atoms with E-state index in [2.05, 4.69) is 26.2 Å². The Kier molecular flexibility index (Phi) is 4.29. The Hall–Kier alpha value is -1.30. The number of nitrogens with one attached hydrogen (secondary N) is 1. The predicted molar refractivity (Wildman–Crippen MR) is 78.6 cm³/mol. The van der Waals surface area contributed by atoms with Crippen molar-refractivity contribution in [1.29, 1.82) is 0 Å². The minimum absolute atomic E-state index is 0.0170. The summed E-state index contributed by atoms with van der Waals surface area (Å²) in [7, 11) is 0. The third-order valence-electron chi connectivity index (χ3n) is 2.30. The highest BCUT2D eigenvalue weighted by Gasteiger charge is 2.12. The van der Waals surface area contributed by atoms with Crippen LogP contribution in [-0.4, -0.2) is 16.1 Å². The number of aromatic carboxylic acids is 1. The van der Waals surface area contributed by atoms with E-state index < -0.39 is 5.97 Å². The fourth-order valence-corrected chi connectivity index (χ4v) is 2.32. The van der Waals surface area contributed by atoms with Crippen molar-refractivity contribution < 1.29 is 9.90 Å². The Labute approximate surface area is 127 Å². The number of carboxylic acids is 1. The zero-order valence-electron chi connectivity index (χ0n) is 9.32. The van der Waals surface area contributed by atoms with Crippen LogP contribution in [0, 0.1) is 0 Å². The molecule has 2 N–H and O–H groups in total. The van der Waals surface area contributed by atoms with E-state index >= 15 is 0 Å². The minimum Gasteiger partial charge on any atom is -0.478 e. The summed E-state index contributed by atoms with van der Waals surface area (Å²) >= 11 is 15.1. The zero-order valence-corrected chi connectivity index (χ0v) is 12.4. The molecular formula is C12H7BrCl2N2O2. The smallest absolute Gasteiger partial charge is 0.339 e. The molecule has 7 heteroatoms. The molecule has 1 aromatic heterocycles. The quantitative estimate of drug-likeness (QED) is 0.784. The average Bonchev–Trinajstić information content (AvgIpc) is 2.32. The number of rotatable bonds is 3. The number of hydrogen-bond acceptors (Lipinski definition) is 3. The molecule has 98 valence electrons. The highest BCUT2D eigenvalue weighted by molar-refractivity contribution is 9.10. The molecule has 2 rings (SSSR count). The summed E-state index contributed by atoms with van der Waals surface area (Å²) in [5.74, 6) is -1.10. The molecule has 0 aliphatic rings. The highest BCUT2D eigenvalue weighted by Crippen LogP contribution is 2.30. The van der Waals surface area contributed by atoms with Crippen molar-refractivity contribution in [3.8, 4) is 0 Å². The Morgan fingerprint density at radius 3 is 2.63 bits per heavy atom. The standard InChI is InChI=1S/C12H7BrCl2N2O2/c13-6-1-2-9(8(14)3-6)17-10-4-11(15)16-5-7(10)12(18)19/h1-5H,(H,16,17)(H,18,19). The number of hydrogen-bond donors (Lipinski definition) is 2. The molecule has 0 aliphatic heterocycles. The third kappa shape index (κ3) is 3.37. The first-order valence-electron chi connectivity index (χ1n) is 5.08. The van der Waals surface area contributed by atoms with Crippen LogP contribution in [0.4, 0.5) is 11.4 Å². The van der Waals surface area contributed by atoms with Crippen LogP contribution in [-0.2, 0) is 0 Å². The van der Waals surface area contributed by atoms with Crippen LogP contribution in [0.1, 0.15) is 10.4 Å². The predicted octanol–water partition coefficient (Wildman–Crippen LogP) is 4.59. The average molecular weight is 362 g/mol. The maximum Gasteiger partial charge on any atom is 0.339 e. The third-order valence-corrected chi connectivity index (χ3v) is 3.31. The largest absolute Gasteiger partial charge is 0.478 e. The lowest BCUT2D eigenvalue weighted by molar-refractivity contribution is 0.0697. The van der Waals surface area contributed by atoms with Crippen molar-refractivity contribution in [2.75, 3.05) is 5.32 Å². The number of nitrogens with zero attached hydrogens (tertiary/aromatic N) is 1. The van der Waals surface area contributed by atoms with Gasteiger partial charge in [-0.05, 0) is 24.3 Å². The van der Waals surface area contributed by atoms with Crippen LogP contribution >= 0.6 is 39.1 Å². The highest BCUT2D eigenvalue weighted by atomic mass is 79.9. The number of carbonyl (C=O) groups is 1. The second-order valence-corrected chi connectivity index (χ2v) is 5.32. The van der Waals surface area contributed by atoms with Crippen molar-refractivity contribution in [2.24, 2.45) is 0 Å². The van der Waals surface area contributed by atoms with Crippen LogP contribution in [0.15, 0.2) is 34.9 Å². The van der Waals surface area contributed by atoms with E-state index in [-0.39, 0.29) is 10.7 Å². The molecular weight excluding hydrogens is 355 g/mol. The molecule has 0 unspecified atom stereocenters. The second kappa shape index (κ2) is 5.77. The number of pyridine rings is 1. The molecule has 19 heavy (non-hydrogen) atoms. The summed E-state index contributed by atoms with van der Waals surface area (Å²) in [6, 6.07) is 6.65. The molecule has 0 spiro atoms. The van der Waals surface area contributed by atoms with E-state index in [9.17, 15) is 4.79 Å². The molecule has 0 radical (unpaired) electrons. The number of carboxylic acid groups (broad SMARTS) is 1. The van der Waals surface area contributed by atoms with E-state index in [1.165, 1.54) is 12.3 Å². The van der Waals surface area contributed by atoms with Crippen LogP contribution in [0.5, 0.6) is 0 Å². The number of halogens is 3. The normalized spacial score (nSPS) is 10.3. The van der Waals surface area contributed by atoms with Crippen LogP contribution in [0.2, 0.25) is 10.2 Å². The first kappa shape index (κ1) is 14.1. The van der Waals surface area contributed by atoms with Crippen LogP contribution in [0.3, 0.4) is 0 Å². The molecule has 2 aromatic rings. The molecule has 0 fully saturated rings. The Bertz CT molecular complexity index is 650. The molecule has 0 saturated carbocycles. The van der Waals surface area contributed by atoms with Crippen molar-refractivity contribution in [3.63, 3.8) is 0 Å². The van der Waals surface area contributed by atoms with Gasteiger partial charge in [0.15, 0.2) is 0 Å². The Morgan fingerprint density at radius 2 is 2.00 bits per heavy atom. The van der Waals surface area contributed by atoms with Crippen molar-refractivity contribution in [3.05, 3.63) is 50.7 Å². The monoisotopic (exact) mass is 360 g/mol. The van der Waals surface area contributed by atoms with Gasteiger partial charge in [-0.25, -0.2) is 9.78 Å². The van der Waals surface area contributed by atoms with E-state index in [0.717, 1.165) is 4.47 Å². The summed E-state index contributed by atoms with van der Waals surface area (Å²) in [5, 5.41) is 12.7. The first-order valence-corrected chi connectivity index (χ1v) is 6.63. The Morgan fingerprint density at radius 1 is 1.26 bits per heavy atom. The molecule has 1 aromatic carbocycles. The topological polar surface area (TPSA) is 62.2 Å².